The number of rotatable bonds is 4. The fourth-order valence-electron chi connectivity index (χ4n) is 1.72. The molecule has 0 N–H and O–H groups in total. The third kappa shape index (κ3) is 3.33. The van der Waals surface area contributed by atoms with Gasteiger partial charge in [-0.2, -0.15) is 0 Å². The summed E-state index contributed by atoms with van der Waals surface area (Å²) in [5.41, 5.74) is 0.951. The van der Waals surface area contributed by atoms with Crippen molar-refractivity contribution in [1.82, 2.24) is 25.2 Å². The molecule has 0 aliphatic rings. The Morgan fingerprint density at radius 1 is 1.29 bits per heavy atom. The van der Waals surface area contributed by atoms with Gasteiger partial charge in [0, 0.05) is 11.1 Å². The molecule has 5 nitrogen and oxygen atoms in total. The van der Waals surface area contributed by atoms with Crippen molar-refractivity contribution in [3.05, 3.63) is 28.6 Å². The second-order valence-electron chi connectivity index (χ2n) is 5.45. The first-order valence-electron chi connectivity index (χ1n) is 6.44. The Hall–Kier alpha value is -1.25. The zero-order chi connectivity index (χ0) is 14.9. The predicted octanol–water partition coefficient (Wildman–Crippen LogP) is 3.91. The Bertz CT molecular complexity index is 708. The maximum Gasteiger partial charge on any atom is 0.210 e. The van der Waals surface area contributed by atoms with E-state index < -0.39 is 0 Å². The van der Waals surface area contributed by atoms with Crippen molar-refractivity contribution < 1.29 is 0 Å². The van der Waals surface area contributed by atoms with E-state index in [4.69, 9.17) is 0 Å². The van der Waals surface area contributed by atoms with Gasteiger partial charge in [0.2, 0.25) is 5.16 Å². The normalized spacial score (nSPS) is 12.0. The Morgan fingerprint density at radius 3 is 2.86 bits per heavy atom. The maximum atomic E-state index is 4.67. The quantitative estimate of drug-likeness (QED) is 0.676. The van der Waals surface area contributed by atoms with Gasteiger partial charge in [0.1, 0.15) is 5.01 Å². The number of aromatic nitrogens is 5. The fourth-order valence-corrected chi connectivity index (χ4v) is 4.41. The topological polar surface area (TPSA) is 56.5 Å². The number of thiazole rings is 1. The van der Waals surface area contributed by atoms with Crippen LogP contribution in [0.4, 0.5) is 0 Å². The molecule has 3 aromatic rings. The molecule has 0 unspecified atom stereocenters. The molecule has 0 radical (unpaired) electrons. The molecular formula is C13H15N5S3. The maximum absolute atomic E-state index is 4.67. The molecule has 0 spiro atoms. The highest BCUT2D eigenvalue weighted by molar-refractivity contribution is 7.98. The number of hydrogen-bond acceptors (Lipinski definition) is 7. The molecular weight excluding hydrogens is 322 g/mol. The van der Waals surface area contributed by atoms with Gasteiger partial charge in [0.25, 0.3) is 0 Å². The van der Waals surface area contributed by atoms with E-state index in [1.165, 1.54) is 4.88 Å². The third-order valence-electron chi connectivity index (χ3n) is 2.71. The minimum Gasteiger partial charge on any atom is -0.239 e. The summed E-state index contributed by atoms with van der Waals surface area (Å²) in [6, 6.07) is 4.15. The molecule has 8 heteroatoms. The molecule has 0 amide bonds. The van der Waals surface area contributed by atoms with Crippen LogP contribution in [0.1, 0.15) is 26.5 Å². The SMILES string of the molecule is CC(C)(C)n1nnnc1SCc1csc(-c2cccs2)n1. The molecule has 3 rings (SSSR count). The number of thiophene rings is 1. The highest BCUT2D eigenvalue weighted by atomic mass is 32.2. The van der Waals surface area contributed by atoms with Crippen molar-refractivity contribution in [2.75, 3.05) is 0 Å². The van der Waals surface area contributed by atoms with Gasteiger partial charge in [-0.3, -0.25) is 0 Å². The highest BCUT2D eigenvalue weighted by Gasteiger charge is 2.20. The van der Waals surface area contributed by atoms with Crippen molar-refractivity contribution in [2.24, 2.45) is 0 Å². The largest absolute Gasteiger partial charge is 0.239 e. The highest BCUT2D eigenvalue weighted by Crippen LogP contribution is 2.30. The van der Waals surface area contributed by atoms with Gasteiger partial charge in [-0.15, -0.1) is 27.8 Å². The summed E-state index contributed by atoms with van der Waals surface area (Å²) in [5, 5.41) is 18.0. The van der Waals surface area contributed by atoms with Gasteiger partial charge >= 0.3 is 0 Å². The van der Waals surface area contributed by atoms with Crippen LogP contribution in [0, 0.1) is 0 Å². The predicted molar refractivity (Wildman–Crippen MR) is 87.8 cm³/mol. The molecule has 21 heavy (non-hydrogen) atoms. The second kappa shape index (κ2) is 5.86. The van der Waals surface area contributed by atoms with Gasteiger partial charge in [-0.05, 0) is 42.6 Å². The molecule has 3 aromatic heterocycles. The summed E-state index contributed by atoms with van der Waals surface area (Å²) in [6.45, 7) is 6.27. The first-order chi connectivity index (χ1) is 10.0. The molecule has 3 heterocycles. The summed E-state index contributed by atoms with van der Waals surface area (Å²) in [4.78, 5) is 5.89. The molecule has 0 bridgehead atoms. The zero-order valence-electron chi connectivity index (χ0n) is 12.0. The van der Waals surface area contributed by atoms with Crippen LogP contribution in [-0.2, 0) is 11.3 Å². The summed E-state index contributed by atoms with van der Waals surface area (Å²) in [7, 11) is 0. The first kappa shape index (κ1) is 14.7. The van der Waals surface area contributed by atoms with Crippen molar-refractivity contribution >= 4 is 34.4 Å². The lowest BCUT2D eigenvalue weighted by Gasteiger charge is -2.19. The molecule has 0 aliphatic heterocycles. The lowest BCUT2D eigenvalue weighted by molar-refractivity contribution is 0.321. The minimum atomic E-state index is -0.115. The van der Waals surface area contributed by atoms with E-state index in [0.717, 1.165) is 21.6 Å². The van der Waals surface area contributed by atoms with E-state index in [1.54, 1.807) is 34.4 Å². The molecule has 0 saturated heterocycles. The average molecular weight is 337 g/mol. The van der Waals surface area contributed by atoms with Gasteiger partial charge < -0.3 is 0 Å². The summed E-state index contributed by atoms with van der Waals surface area (Å²) >= 11 is 5.02. The van der Waals surface area contributed by atoms with E-state index >= 15 is 0 Å². The van der Waals surface area contributed by atoms with Gasteiger partial charge in [0.15, 0.2) is 0 Å². The smallest absolute Gasteiger partial charge is 0.210 e. The van der Waals surface area contributed by atoms with Crippen LogP contribution in [0.25, 0.3) is 9.88 Å². The zero-order valence-corrected chi connectivity index (χ0v) is 14.4. The van der Waals surface area contributed by atoms with Crippen LogP contribution in [0.2, 0.25) is 0 Å². The molecule has 110 valence electrons. The monoisotopic (exact) mass is 337 g/mol. The van der Waals surface area contributed by atoms with E-state index in [9.17, 15) is 0 Å². The van der Waals surface area contributed by atoms with Crippen LogP contribution >= 0.6 is 34.4 Å². The molecule has 0 atom stereocenters. The Kier molecular flexibility index (Phi) is 4.10. The summed E-state index contributed by atoms with van der Waals surface area (Å²) < 4.78 is 1.85. The van der Waals surface area contributed by atoms with Crippen molar-refractivity contribution in [1.29, 1.82) is 0 Å². The molecule has 0 aromatic carbocycles. The number of hydrogen-bond donors (Lipinski definition) is 0. The molecule has 0 fully saturated rings. The standard InChI is InChI=1S/C13H15N5S3/c1-13(2,3)18-12(15-16-17-18)21-8-9-7-20-11(14-9)10-5-4-6-19-10/h4-7H,8H2,1-3H3. The van der Waals surface area contributed by atoms with Crippen molar-refractivity contribution in [2.45, 2.75) is 37.2 Å². The van der Waals surface area contributed by atoms with Gasteiger partial charge in [-0.25, -0.2) is 9.67 Å². The Balaban J connectivity index is 1.70. The molecule has 0 aliphatic carbocycles. The van der Waals surface area contributed by atoms with E-state index in [1.807, 2.05) is 10.7 Å². The lowest BCUT2D eigenvalue weighted by Crippen LogP contribution is -2.24. The Labute approximate surface area is 135 Å². The molecule has 0 saturated carbocycles. The van der Waals surface area contributed by atoms with Crippen LogP contribution in [-0.4, -0.2) is 25.2 Å². The van der Waals surface area contributed by atoms with Crippen LogP contribution in [0.3, 0.4) is 0 Å². The number of nitrogens with zero attached hydrogens (tertiary/aromatic N) is 5. The fraction of sp³-hybridized carbons (Fsp3) is 0.385. The van der Waals surface area contributed by atoms with E-state index in [0.29, 0.717) is 0 Å². The number of tetrazole rings is 1. The van der Waals surface area contributed by atoms with Crippen molar-refractivity contribution in [3.63, 3.8) is 0 Å². The minimum absolute atomic E-state index is 0.115. The van der Waals surface area contributed by atoms with E-state index in [2.05, 4.69) is 58.1 Å². The summed E-state index contributed by atoms with van der Waals surface area (Å²) in [5.74, 6) is 0.776. The van der Waals surface area contributed by atoms with Gasteiger partial charge in [0.05, 0.1) is 16.1 Å². The Morgan fingerprint density at radius 2 is 2.14 bits per heavy atom. The first-order valence-corrected chi connectivity index (χ1v) is 9.18. The second-order valence-corrected chi connectivity index (χ2v) is 8.20. The van der Waals surface area contributed by atoms with Crippen LogP contribution in [0.5, 0.6) is 0 Å². The van der Waals surface area contributed by atoms with Crippen LogP contribution in [0.15, 0.2) is 28.0 Å². The van der Waals surface area contributed by atoms with E-state index in [-0.39, 0.29) is 5.54 Å². The third-order valence-corrected chi connectivity index (χ3v) is 5.59. The number of thioether (sulfide) groups is 1. The summed E-state index contributed by atoms with van der Waals surface area (Å²) in [6.07, 6.45) is 0. The van der Waals surface area contributed by atoms with Crippen molar-refractivity contribution in [3.8, 4) is 9.88 Å². The van der Waals surface area contributed by atoms with Crippen LogP contribution < -0.4 is 0 Å². The lowest BCUT2D eigenvalue weighted by atomic mass is 10.1. The average Bonchev–Trinajstić information content (AvgIpc) is 3.16. The van der Waals surface area contributed by atoms with Gasteiger partial charge in [-0.1, -0.05) is 17.8 Å².